The molecule has 0 bridgehead atoms. The molecule has 0 atom stereocenters. The zero-order valence-corrected chi connectivity index (χ0v) is 10.2. The molecule has 2 amide bonds. The molecule has 3 N–H and O–H groups in total. The van der Waals surface area contributed by atoms with Crippen LogP contribution in [0.15, 0.2) is 48.8 Å². The lowest BCUT2D eigenvalue weighted by Crippen LogP contribution is -2.19. The molecule has 1 aromatic carbocycles. The summed E-state index contributed by atoms with van der Waals surface area (Å²) < 4.78 is 0. The van der Waals surface area contributed by atoms with E-state index in [1.807, 2.05) is 6.07 Å². The topological polar surface area (TPSA) is 85.1 Å². The van der Waals surface area contributed by atoms with Gasteiger partial charge in [-0.05, 0) is 23.8 Å². The predicted octanol–water partition coefficient (Wildman–Crippen LogP) is 1.36. The lowest BCUT2D eigenvalue weighted by molar-refractivity contribution is -0.115. The largest absolute Gasteiger partial charge is 0.366 e. The summed E-state index contributed by atoms with van der Waals surface area (Å²) in [5.74, 6) is -0.793. The molecule has 0 spiro atoms. The Hall–Kier alpha value is -2.69. The van der Waals surface area contributed by atoms with E-state index in [-0.39, 0.29) is 12.3 Å². The van der Waals surface area contributed by atoms with Crippen LogP contribution in [0.3, 0.4) is 0 Å². The molecule has 96 valence electrons. The van der Waals surface area contributed by atoms with E-state index >= 15 is 0 Å². The Morgan fingerprint density at radius 1 is 1.16 bits per heavy atom. The van der Waals surface area contributed by atoms with Gasteiger partial charge in [-0.2, -0.15) is 0 Å². The monoisotopic (exact) mass is 255 g/mol. The lowest BCUT2D eigenvalue weighted by atomic mass is 10.1. The van der Waals surface area contributed by atoms with Crippen LogP contribution in [-0.2, 0) is 11.2 Å². The molecule has 0 aliphatic carbocycles. The van der Waals surface area contributed by atoms with Crippen LogP contribution in [0.1, 0.15) is 15.9 Å². The first-order valence-corrected chi connectivity index (χ1v) is 5.74. The predicted molar refractivity (Wildman–Crippen MR) is 71.5 cm³/mol. The molecule has 0 radical (unpaired) electrons. The lowest BCUT2D eigenvalue weighted by Gasteiger charge is -2.08. The van der Waals surface area contributed by atoms with Gasteiger partial charge in [0.25, 0.3) is 5.91 Å². The van der Waals surface area contributed by atoms with Crippen LogP contribution in [0.5, 0.6) is 0 Å². The summed E-state index contributed by atoms with van der Waals surface area (Å²) in [6.07, 6.45) is 3.46. The number of nitrogens with two attached hydrogens (primary N) is 1. The summed E-state index contributed by atoms with van der Waals surface area (Å²) in [5, 5.41) is 2.67. The van der Waals surface area contributed by atoms with E-state index in [1.54, 1.807) is 42.7 Å². The summed E-state index contributed by atoms with van der Waals surface area (Å²) in [5.41, 5.74) is 6.76. The summed E-state index contributed by atoms with van der Waals surface area (Å²) in [6, 6.07) is 10.2. The van der Waals surface area contributed by atoms with E-state index in [9.17, 15) is 9.59 Å². The quantitative estimate of drug-likeness (QED) is 0.865. The number of amides is 2. The van der Waals surface area contributed by atoms with Gasteiger partial charge in [-0.15, -0.1) is 0 Å². The van der Waals surface area contributed by atoms with Gasteiger partial charge in [-0.1, -0.05) is 18.2 Å². The maximum absolute atomic E-state index is 11.9. The van der Waals surface area contributed by atoms with Gasteiger partial charge >= 0.3 is 0 Å². The van der Waals surface area contributed by atoms with Gasteiger partial charge in [0.2, 0.25) is 5.91 Å². The number of aromatic nitrogens is 1. The molecular formula is C14H13N3O2. The second-order valence-electron chi connectivity index (χ2n) is 4.00. The van der Waals surface area contributed by atoms with Crippen LogP contribution in [0.2, 0.25) is 0 Å². The number of hydrogen-bond acceptors (Lipinski definition) is 3. The first-order chi connectivity index (χ1) is 9.16. The molecule has 2 aromatic rings. The molecule has 1 heterocycles. The second kappa shape index (κ2) is 5.77. The van der Waals surface area contributed by atoms with Crippen molar-refractivity contribution >= 4 is 17.5 Å². The molecule has 0 aliphatic heterocycles. The van der Waals surface area contributed by atoms with E-state index in [4.69, 9.17) is 5.73 Å². The SMILES string of the molecule is NC(=O)c1ccccc1NC(=O)Cc1cccnc1. The van der Waals surface area contributed by atoms with Crippen LogP contribution in [-0.4, -0.2) is 16.8 Å². The number of pyridine rings is 1. The minimum Gasteiger partial charge on any atom is -0.366 e. The molecule has 0 fully saturated rings. The van der Waals surface area contributed by atoms with Crippen molar-refractivity contribution in [3.05, 3.63) is 59.9 Å². The number of anilines is 1. The summed E-state index contributed by atoms with van der Waals surface area (Å²) >= 11 is 0. The summed E-state index contributed by atoms with van der Waals surface area (Å²) in [6.45, 7) is 0. The van der Waals surface area contributed by atoms with Crippen molar-refractivity contribution in [1.82, 2.24) is 4.98 Å². The van der Waals surface area contributed by atoms with E-state index < -0.39 is 5.91 Å². The van der Waals surface area contributed by atoms with E-state index in [0.29, 0.717) is 11.3 Å². The number of rotatable bonds is 4. The zero-order chi connectivity index (χ0) is 13.7. The highest BCUT2D eigenvalue weighted by Crippen LogP contribution is 2.14. The van der Waals surface area contributed by atoms with Gasteiger partial charge in [0.05, 0.1) is 17.7 Å². The normalized spacial score (nSPS) is 9.89. The second-order valence-corrected chi connectivity index (χ2v) is 4.00. The highest BCUT2D eigenvalue weighted by Gasteiger charge is 2.10. The Kier molecular flexibility index (Phi) is 3.87. The number of carbonyl (C=O) groups excluding carboxylic acids is 2. The minimum atomic E-state index is -0.572. The fraction of sp³-hybridized carbons (Fsp3) is 0.0714. The minimum absolute atomic E-state index is 0.195. The number of primary amides is 1. The smallest absolute Gasteiger partial charge is 0.250 e. The maximum atomic E-state index is 11.9. The van der Waals surface area contributed by atoms with Crippen LogP contribution < -0.4 is 11.1 Å². The van der Waals surface area contributed by atoms with Crippen molar-refractivity contribution in [1.29, 1.82) is 0 Å². The summed E-state index contributed by atoms with van der Waals surface area (Å²) in [4.78, 5) is 27.0. The van der Waals surface area contributed by atoms with Gasteiger partial charge < -0.3 is 11.1 Å². The maximum Gasteiger partial charge on any atom is 0.250 e. The first-order valence-electron chi connectivity index (χ1n) is 5.74. The van der Waals surface area contributed by atoms with Crippen LogP contribution in [0.25, 0.3) is 0 Å². The van der Waals surface area contributed by atoms with Crippen LogP contribution in [0.4, 0.5) is 5.69 Å². The Balaban J connectivity index is 2.09. The van der Waals surface area contributed by atoms with Gasteiger partial charge in [0, 0.05) is 12.4 Å². The Morgan fingerprint density at radius 2 is 1.95 bits per heavy atom. The number of carbonyl (C=O) groups is 2. The summed E-state index contributed by atoms with van der Waals surface area (Å²) in [7, 11) is 0. The molecular weight excluding hydrogens is 242 g/mol. The van der Waals surface area contributed by atoms with Crippen LogP contribution >= 0.6 is 0 Å². The van der Waals surface area contributed by atoms with Crippen molar-refractivity contribution in [2.45, 2.75) is 6.42 Å². The fourth-order valence-corrected chi connectivity index (χ4v) is 1.69. The fourth-order valence-electron chi connectivity index (χ4n) is 1.69. The molecule has 19 heavy (non-hydrogen) atoms. The molecule has 5 nitrogen and oxygen atoms in total. The first kappa shape index (κ1) is 12.8. The number of hydrogen-bond donors (Lipinski definition) is 2. The van der Waals surface area contributed by atoms with Crippen molar-refractivity contribution in [2.24, 2.45) is 5.73 Å². The molecule has 0 unspecified atom stereocenters. The third kappa shape index (κ3) is 3.38. The molecule has 0 saturated heterocycles. The van der Waals surface area contributed by atoms with Gasteiger partial charge in [-0.3, -0.25) is 14.6 Å². The third-order valence-corrected chi connectivity index (χ3v) is 2.55. The van der Waals surface area contributed by atoms with Crippen molar-refractivity contribution in [3.8, 4) is 0 Å². The van der Waals surface area contributed by atoms with Gasteiger partial charge in [0.15, 0.2) is 0 Å². The van der Waals surface area contributed by atoms with Crippen molar-refractivity contribution in [3.63, 3.8) is 0 Å². The average molecular weight is 255 g/mol. The van der Waals surface area contributed by atoms with E-state index in [0.717, 1.165) is 5.56 Å². The average Bonchev–Trinajstić information content (AvgIpc) is 2.40. The van der Waals surface area contributed by atoms with Gasteiger partial charge in [0.1, 0.15) is 0 Å². The van der Waals surface area contributed by atoms with E-state index in [2.05, 4.69) is 10.3 Å². The molecule has 1 aromatic heterocycles. The van der Waals surface area contributed by atoms with Gasteiger partial charge in [-0.25, -0.2) is 0 Å². The Bertz CT molecular complexity index is 597. The molecule has 0 aliphatic rings. The molecule has 5 heteroatoms. The Labute approximate surface area is 110 Å². The van der Waals surface area contributed by atoms with Crippen LogP contribution in [0, 0.1) is 0 Å². The van der Waals surface area contributed by atoms with Crippen molar-refractivity contribution in [2.75, 3.05) is 5.32 Å². The standard InChI is InChI=1S/C14H13N3O2/c15-14(19)11-5-1-2-6-12(11)17-13(18)8-10-4-3-7-16-9-10/h1-7,9H,8H2,(H2,15,19)(H,17,18). The number of nitrogens with one attached hydrogen (secondary N) is 1. The molecule has 2 rings (SSSR count). The highest BCUT2D eigenvalue weighted by atomic mass is 16.2. The number of para-hydroxylation sites is 1. The highest BCUT2D eigenvalue weighted by molar-refractivity contribution is 6.03. The number of nitrogens with zero attached hydrogens (tertiary/aromatic N) is 1. The number of benzene rings is 1. The third-order valence-electron chi connectivity index (χ3n) is 2.55. The van der Waals surface area contributed by atoms with Crippen molar-refractivity contribution < 1.29 is 9.59 Å². The van der Waals surface area contributed by atoms with E-state index in [1.165, 1.54) is 0 Å². The zero-order valence-electron chi connectivity index (χ0n) is 10.2. The Morgan fingerprint density at radius 3 is 2.63 bits per heavy atom. The molecule has 0 saturated carbocycles.